The van der Waals surface area contributed by atoms with Gasteiger partial charge in [-0.25, -0.2) is 9.59 Å². The molecule has 226 valence electrons. The Balaban J connectivity index is 0.000000235. The topological polar surface area (TPSA) is 104 Å². The molecule has 0 aliphatic carbocycles. The fourth-order valence-corrected chi connectivity index (χ4v) is 5.59. The van der Waals surface area contributed by atoms with Crippen molar-refractivity contribution in [2.45, 2.75) is 77.0 Å². The monoisotopic (exact) mass is 616 g/mol. The summed E-state index contributed by atoms with van der Waals surface area (Å²) in [6.07, 6.45) is 9.26. The molecule has 0 aromatic heterocycles. The van der Waals surface area contributed by atoms with Gasteiger partial charge in [0.25, 0.3) is 0 Å². The third-order valence-corrected chi connectivity index (χ3v) is 7.62. The van der Waals surface area contributed by atoms with E-state index in [4.69, 9.17) is 27.9 Å². The molecule has 2 aliphatic rings. The van der Waals surface area contributed by atoms with E-state index in [9.17, 15) is 24.3 Å². The Morgan fingerprint density at radius 2 is 1.43 bits per heavy atom. The van der Waals surface area contributed by atoms with Gasteiger partial charge in [-0.15, -0.1) is 0 Å². The molecular weight excluding hydrogens is 579 g/mol. The average molecular weight is 618 g/mol. The Bertz CT molecular complexity index is 1310. The number of likely N-dealkylation sites (tertiary alicyclic amines) is 1. The lowest BCUT2D eigenvalue weighted by Crippen LogP contribution is -2.39. The molecule has 10 heteroatoms. The highest BCUT2D eigenvalue weighted by molar-refractivity contribution is 6.31. The van der Waals surface area contributed by atoms with Crippen molar-refractivity contribution in [1.82, 2.24) is 9.80 Å². The number of amides is 2. The van der Waals surface area contributed by atoms with Gasteiger partial charge < -0.3 is 14.7 Å². The zero-order valence-corrected chi connectivity index (χ0v) is 25.7. The van der Waals surface area contributed by atoms with Gasteiger partial charge in [-0.3, -0.25) is 14.5 Å². The Hall–Kier alpha value is -3.36. The fraction of sp³-hybridized carbons (Fsp3) is 0.438. The number of benzene rings is 2. The number of carbonyl (C=O) groups excluding carboxylic acids is 3. The zero-order valence-electron chi connectivity index (χ0n) is 24.2. The molecule has 1 N–H and O–H groups in total. The highest BCUT2D eigenvalue weighted by Gasteiger charge is 2.32. The van der Waals surface area contributed by atoms with Gasteiger partial charge in [0, 0.05) is 34.3 Å². The summed E-state index contributed by atoms with van der Waals surface area (Å²) in [5.74, 6) is 0. The van der Waals surface area contributed by atoms with Crippen LogP contribution in [0.5, 0.6) is 0 Å². The molecule has 8 nitrogen and oxygen atoms in total. The normalized spacial score (nSPS) is 19.1. The number of hydrogen-bond acceptors (Lipinski definition) is 5. The molecule has 4 rings (SSSR count). The predicted molar refractivity (Wildman–Crippen MR) is 164 cm³/mol. The molecular formula is C32H38Cl2N2O6. The van der Waals surface area contributed by atoms with Crippen LogP contribution in [-0.2, 0) is 4.74 Å². The summed E-state index contributed by atoms with van der Waals surface area (Å²) in [4.78, 5) is 49.6. The summed E-state index contributed by atoms with van der Waals surface area (Å²) in [6, 6.07) is 9.62. The smallest absolute Gasteiger partial charge is 0.410 e. The van der Waals surface area contributed by atoms with Crippen molar-refractivity contribution in [1.29, 1.82) is 0 Å². The van der Waals surface area contributed by atoms with Crippen LogP contribution in [0.2, 0.25) is 10.0 Å². The van der Waals surface area contributed by atoms with Crippen LogP contribution < -0.4 is 0 Å². The lowest BCUT2D eigenvalue weighted by molar-refractivity contribution is 0.0162. The minimum absolute atomic E-state index is 0.175. The molecule has 0 bridgehead atoms. The highest BCUT2D eigenvalue weighted by atomic mass is 35.5. The first-order chi connectivity index (χ1) is 19.9. The van der Waals surface area contributed by atoms with Gasteiger partial charge in [-0.1, -0.05) is 48.2 Å². The van der Waals surface area contributed by atoms with E-state index in [1.807, 2.05) is 32.9 Å². The molecule has 2 aromatic rings. The van der Waals surface area contributed by atoms with Crippen LogP contribution in [0.4, 0.5) is 9.59 Å². The van der Waals surface area contributed by atoms with Crippen molar-refractivity contribution in [3.8, 4) is 0 Å². The maximum atomic E-state index is 12.6. The summed E-state index contributed by atoms with van der Waals surface area (Å²) in [6.45, 7) is 6.52. The summed E-state index contributed by atoms with van der Waals surface area (Å²) < 4.78 is 5.55. The Labute approximate surface area is 257 Å². The lowest BCUT2D eigenvalue weighted by atomic mass is 9.96. The van der Waals surface area contributed by atoms with Crippen LogP contribution in [0.25, 0.3) is 0 Å². The predicted octanol–water partition coefficient (Wildman–Crippen LogP) is 8.53. The Morgan fingerprint density at radius 3 is 1.95 bits per heavy atom. The van der Waals surface area contributed by atoms with Crippen molar-refractivity contribution in [3.05, 3.63) is 80.8 Å². The molecule has 42 heavy (non-hydrogen) atoms. The van der Waals surface area contributed by atoms with Crippen LogP contribution in [0.3, 0.4) is 0 Å². The van der Waals surface area contributed by atoms with Crippen LogP contribution in [-0.4, -0.2) is 58.4 Å². The maximum Gasteiger partial charge on any atom is 0.410 e. The third-order valence-electron chi connectivity index (χ3n) is 7.15. The van der Waals surface area contributed by atoms with E-state index >= 15 is 0 Å². The van der Waals surface area contributed by atoms with Gasteiger partial charge in [-0.2, -0.15) is 0 Å². The Morgan fingerprint density at radius 1 is 0.857 bits per heavy atom. The molecule has 0 radical (unpaired) electrons. The van der Waals surface area contributed by atoms with E-state index in [0.29, 0.717) is 46.2 Å². The van der Waals surface area contributed by atoms with Crippen molar-refractivity contribution >= 4 is 48.0 Å². The number of nitrogens with zero attached hydrogens (tertiary/aromatic N) is 2. The third kappa shape index (κ3) is 9.07. The largest absolute Gasteiger partial charge is 0.465 e. The lowest BCUT2D eigenvalue weighted by Gasteiger charge is -2.33. The molecule has 0 unspecified atom stereocenters. The molecule has 0 saturated carbocycles. The van der Waals surface area contributed by atoms with Crippen molar-refractivity contribution in [2.75, 3.05) is 13.1 Å². The fourth-order valence-electron chi connectivity index (χ4n) is 5.23. The van der Waals surface area contributed by atoms with Crippen LogP contribution >= 0.6 is 23.2 Å². The summed E-state index contributed by atoms with van der Waals surface area (Å²) in [5.41, 5.74) is 2.00. The SMILES string of the molecule is CC(C)(C)OC(=O)N1CCCCC[C@@H]1c1cc(Cl)ccc1C=O.O=Cc1ccc(Cl)cc1[C@H]1CCC=CCN1C(=O)O. The first kappa shape index (κ1) is 33.1. The molecule has 1 fully saturated rings. The van der Waals surface area contributed by atoms with Gasteiger partial charge in [-0.05, 0) is 94.0 Å². The van der Waals surface area contributed by atoms with Gasteiger partial charge in [0.2, 0.25) is 0 Å². The quantitative estimate of drug-likeness (QED) is 0.272. The van der Waals surface area contributed by atoms with Crippen molar-refractivity contribution in [3.63, 3.8) is 0 Å². The average Bonchev–Trinajstić information content (AvgIpc) is 3.34. The van der Waals surface area contributed by atoms with Crippen molar-refractivity contribution in [2.24, 2.45) is 0 Å². The summed E-state index contributed by atoms with van der Waals surface area (Å²) >= 11 is 12.1. The summed E-state index contributed by atoms with van der Waals surface area (Å²) in [7, 11) is 0. The minimum atomic E-state index is -0.992. The van der Waals surface area contributed by atoms with Gasteiger partial charge in [0.1, 0.15) is 18.2 Å². The second-order valence-electron chi connectivity index (χ2n) is 11.3. The number of rotatable bonds is 4. The zero-order chi connectivity index (χ0) is 30.9. The van der Waals surface area contributed by atoms with Gasteiger partial charge >= 0.3 is 12.2 Å². The number of aldehydes is 2. The number of allylic oxidation sites excluding steroid dienone is 1. The van der Waals surface area contributed by atoms with Crippen LogP contribution in [0.15, 0.2) is 48.6 Å². The van der Waals surface area contributed by atoms with E-state index in [1.54, 1.807) is 41.3 Å². The molecule has 2 amide bonds. The van der Waals surface area contributed by atoms with Gasteiger partial charge in [0.05, 0.1) is 12.1 Å². The summed E-state index contributed by atoms with van der Waals surface area (Å²) in [5, 5.41) is 10.4. The first-order valence-corrected chi connectivity index (χ1v) is 14.8. The molecule has 1 saturated heterocycles. The van der Waals surface area contributed by atoms with Crippen LogP contribution in [0, 0.1) is 0 Å². The van der Waals surface area contributed by atoms with E-state index in [-0.39, 0.29) is 18.2 Å². The van der Waals surface area contributed by atoms with E-state index in [0.717, 1.165) is 50.2 Å². The Kier molecular flexibility index (Phi) is 12.0. The molecule has 0 spiro atoms. The van der Waals surface area contributed by atoms with Crippen LogP contribution in [0.1, 0.15) is 103 Å². The molecule has 2 heterocycles. The highest BCUT2D eigenvalue weighted by Crippen LogP contribution is 2.35. The van der Waals surface area contributed by atoms with E-state index in [2.05, 4.69) is 0 Å². The number of ether oxygens (including phenoxy) is 1. The van der Waals surface area contributed by atoms with E-state index < -0.39 is 11.7 Å². The number of carboxylic acid groups (broad SMARTS) is 1. The maximum absolute atomic E-state index is 12.6. The molecule has 2 aliphatic heterocycles. The standard InChI is InChI=1S/C18H24ClNO3.C14H14ClNO3/c1-18(2,3)23-17(22)20-10-6-4-5-7-16(20)15-11-14(19)9-8-13(15)12-21;15-11-6-5-10(9-17)12(8-11)13-4-2-1-3-7-16(13)14(18)19/h8-9,11-12,16H,4-7,10H2,1-3H3;1,3,5-6,8-9,13H,2,4,7H2,(H,18,19)/t16-;13-/m11/s1. The second-order valence-corrected chi connectivity index (χ2v) is 12.2. The molecule has 2 atom stereocenters. The van der Waals surface area contributed by atoms with Gasteiger partial charge in [0.15, 0.2) is 0 Å². The van der Waals surface area contributed by atoms with E-state index in [1.165, 1.54) is 4.90 Å². The second kappa shape index (κ2) is 15.2. The number of carbonyl (C=O) groups is 4. The molecule has 2 aromatic carbocycles. The minimum Gasteiger partial charge on any atom is -0.465 e. The number of hydrogen-bond donors (Lipinski definition) is 1. The van der Waals surface area contributed by atoms with Crippen molar-refractivity contribution < 1.29 is 29.0 Å². The first-order valence-electron chi connectivity index (χ1n) is 14.1. The number of halogens is 2.